The predicted octanol–water partition coefficient (Wildman–Crippen LogP) is -2.26. The summed E-state index contributed by atoms with van der Waals surface area (Å²) in [6.07, 6.45) is -3.07. The molecule has 2 aliphatic rings. The number of rotatable bonds is 3. The number of aliphatic hydroxyl groups excluding tert-OH is 5. The Morgan fingerprint density at radius 3 is 2.48 bits per heavy atom. The van der Waals surface area contributed by atoms with Crippen LogP contribution in [-0.4, -0.2) is 81.3 Å². The summed E-state index contributed by atoms with van der Waals surface area (Å²) in [4.78, 5) is 0. The molecule has 7 heteroatoms. The molecule has 8 atom stereocenters. The number of aliphatic hydroxyl groups is 5. The van der Waals surface area contributed by atoms with Crippen molar-refractivity contribution >= 4 is 0 Å². The summed E-state index contributed by atoms with van der Waals surface area (Å²) >= 11 is 0. The van der Waals surface area contributed by atoms with Crippen LogP contribution in [0.4, 0.5) is 0 Å². The van der Waals surface area contributed by atoms with Crippen LogP contribution in [0.5, 0.6) is 0 Å². The average Bonchev–Trinajstić information content (AvgIpc) is 2.47. The van der Waals surface area contributed by atoms with Gasteiger partial charge in [0.25, 0.3) is 0 Å². The van der Waals surface area contributed by atoms with Gasteiger partial charge in [-0.15, -0.1) is 0 Å². The third kappa shape index (κ3) is 3.29. The van der Waals surface area contributed by atoms with E-state index in [2.05, 4.69) is 5.32 Å². The molecule has 0 bridgehead atoms. The van der Waals surface area contributed by atoms with Crippen LogP contribution in [0.2, 0.25) is 0 Å². The monoisotopic (exact) mass is 303 g/mol. The van der Waals surface area contributed by atoms with Crippen LogP contribution < -0.4 is 5.32 Å². The van der Waals surface area contributed by atoms with E-state index in [0.29, 0.717) is 0 Å². The molecule has 0 aromatic heterocycles. The summed E-state index contributed by atoms with van der Waals surface area (Å²) in [6.45, 7) is 3.64. The highest BCUT2D eigenvalue weighted by molar-refractivity contribution is 5.22. The fourth-order valence-corrected chi connectivity index (χ4v) is 3.02. The third-order valence-electron chi connectivity index (χ3n) is 4.59. The van der Waals surface area contributed by atoms with E-state index < -0.39 is 37.1 Å². The number of ether oxygens (including phenoxy) is 1. The van der Waals surface area contributed by atoms with E-state index >= 15 is 0 Å². The van der Waals surface area contributed by atoms with Crippen molar-refractivity contribution < 1.29 is 30.3 Å². The normalized spacial score (nSPS) is 48.0. The molecule has 1 aliphatic heterocycles. The van der Waals surface area contributed by atoms with Crippen molar-refractivity contribution in [2.45, 2.75) is 56.5 Å². The second-order valence-corrected chi connectivity index (χ2v) is 6.01. The van der Waals surface area contributed by atoms with Gasteiger partial charge in [-0.05, 0) is 12.5 Å². The van der Waals surface area contributed by atoms with Crippen molar-refractivity contribution in [3.8, 4) is 0 Å². The summed E-state index contributed by atoms with van der Waals surface area (Å²) in [7, 11) is 0. The van der Waals surface area contributed by atoms with Crippen LogP contribution in [0, 0.1) is 5.92 Å². The Hall–Kier alpha value is -0.540. The van der Waals surface area contributed by atoms with E-state index in [4.69, 9.17) is 4.74 Å². The van der Waals surface area contributed by atoms with Crippen LogP contribution >= 0.6 is 0 Å². The van der Waals surface area contributed by atoms with Gasteiger partial charge in [0.1, 0.15) is 18.3 Å². The van der Waals surface area contributed by atoms with E-state index in [0.717, 1.165) is 0 Å². The molecule has 0 amide bonds. The van der Waals surface area contributed by atoms with Crippen LogP contribution in [0.25, 0.3) is 0 Å². The molecule has 122 valence electrons. The van der Waals surface area contributed by atoms with E-state index in [1.165, 1.54) is 6.08 Å². The zero-order valence-electron chi connectivity index (χ0n) is 12.3. The van der Waals surface area contributed by atoms with Crippen molar-refractivity contribution in [1.29, 1.82) is 0 Å². The minimum absolute atomic E-state index is 0.0871. The first-order valence-electron chi connectivity index (χ1n) is 7.28. The second kappa shape index (κ2) is 6.70. The molecule has 21 heavy (non-hydrogen) atoms. The molecule has 2 rings (SSSR count). The quantitative estimate of drug-likeness (QED) is 0.325. The minimum Gasteiger partial charge on any atom is -0.392 e. The third-order valence-corrected chi connectivity index (χ3v) is 4.59. The van der Waals surface area contributed by atoms with Crippen LogP contribution in [-0.2, 0) is 4.74 Å². The number of nitrogens with one attached hydrogen (secondary N) is 1. The lowest BCUT2D eigenvalue weighted by Gasteiger charge is -2.43. The van der Waals surface area contributed by atoms with Gasteiger partial charge < -0.3 is 35.6 Å². The van der Waals surface area contributed by atoms with Gasteiger partial charge in [-0.3, -0.25) is 0 Å². The Balaban J connectivity index is 2.15. The molecular formula is C14H25NO6. The van der Waals surface area contributed by atoms with Gasteiger partial charge in [-0.25, -0.2) is 0 Å². The first-order valence-corrected chi connectivity index (χ1v) is 7.28. The smallest absolute Gasteiger partial charge is 0.111 e. The van der Waals surface area contributed by atoms with Crippen LogP contribution in [0.1, 0.15) is 13.8 Å². The number of hydrogen-bond acceptors (Lipinski definition) is 7. The molecule has 0 saturated carbocycles. The molecule has 1 heterocycles. The lowest BCUT2D eigenvalue weighted by molar-refractivity contribution is -0.108. The predicted molar refractivity (Wildman–Crippen MR) is 74.5 cm³/mol. The van der Waals surface area contributed by atoms with Gasteiger partial charge in [0.15, 0.2) is 0 Å². The highest BCUT2D eigenvalue weighted by Gasteiger charge is 2.41. The van der Waals surface area contributed by atoms with Crippen molar-refractivity contribution in [3.05, 3.63) is 11.6 Å². The van der Waals surface area contributed by atoms with Crippen LogP contribution in [0.3, 0.4) is 0 Å². The van der Waals surface area contributed by atoms with E-state index in [1.807, 2.05) is 13.8 Å². The summed E-state index contributed by atoms with van der Waals surface area (Å²) in [6, 6.07) is -0.846. The average molecular weight is 303 g/mol. The topological polar surface area (TPSA) is 122 Å². The van der Waals surface area contributed by atoms with Gasteiger partial charge in [-0.2, -0.15) is 0 Å². The minimum atomic E-state index is -1.37. The van der Waals surface area contributed by atoms with Crippen molar-refractivity contribution in [3.63, 3.8) is 0 Å². The lowest BCUT2D eigenvalue weighted by Crippen LogP contribution is -2.61. The number of hydrogen-bond donors (Lipinski definition) is 6. The maximum atomic E-state index is 10.1. The van der Waals surface area contributed by atoms with E-state index in [-0.39, 0.29) is 30.2 Å². The molecular weight excluding hydrogens is 278 g/mol. The van der Waals surface area contributed by atoms with Gasteiger partial charge in [-0.1, -0.05) is 13.0 Å². The molecule has 0 aromatic rings. The van der Waals surface area contributed by atoms with Gasteiger partial charge >= 0.3 is 0 Å². The Bertz CT molecular complexity index is 390. The molecule has 0 aromatic carbocycles. The fourth-order valence-electron chi connectivity index (χ4n) is 3.02. The summed E-state index contributed by atoms with van der Waals surface area (Å²) in [5.41, 5.74) is 0.267. The van der Waals surface area contributed by atoms with Crippen molar-refractivity contribution in [2.24, 2.45) is 5.92 Å². The maximum absolute atomic E-state index is 10.1. The zero-order valence-corrected chi connectivity index (χ0v) is 12.3. The second-order valence-electron chi connectivity index (χ2n) is 6.01. The Morgan fingerprint density at radius 2 is 1.86 bits per heavy atom. The zero-order chi connectivity index (χ0) is 15.7. The summed E-state index contributed by atoms with van der Waals surface area (Å²) in [5, 5.41) is 52.0. The Morgan fingerprint density at radius 1 is 1.19 bits per heavy atom. The van der Waals surface area contributed by atoms with Gasteiger partial charge in [0.2, 0.25) is 0 Å². The summed E-state index contributed by atoms with van der Waals surface area (Å²) < 4.78 is 5.47. The van der Waals surface area contributed by atoms with Gasteiger partial charge in [0.05, 0.1) is 31.5 Å². The molecule has 3 unspecified atom stereocenters. The standard InChI is InChI=1S/C14H25NO6/c1-6-10(17)5-21-7(2)11(6)15-9-3-8(4-16)12(18)14(20)13(9)19/h3,6-7,9-20H,4-5H2,1-2H3/t6-,7-,9-,10?,11+,12?,13?,14+/m1/s1. The largest absolute Gasteiger partial charge is 0.392 e. The fraction of sp³-hybridized carbons (Fsp3) is 0.857. The Labute approximate surface area is 123 Å². The molecule has 0 spiro atoms. The molecule has 1 saturated heterocycles. The SMILES string of the molecule is C[C@@H]1C(O)CO[C@H](C)[C@H]1N[C@@H]1C=C(CO)C(O)[C@H](O)C1O. The van der Waals surface area contributed by atoms with Crippen molar-refractivity contribution in [2.75, 3.05) is 13.2 Å². The van der Waals surface area contributed by atoms with Gasteiger partial charge in [0, 0.05) is 12.0 Å². The molecule has 7 nitrogen and oxygen atoms in total. The van der Waals surface area contributed by atoms with Crippen molar-refractivity contribution in [1.82, 2.24) is 5.32 Å². The lowest BCUT2D eigenvalue weighted by atomic mass is 9.85. The molecule has 1 fully saturated rings. The highest BCUT2D eigenvalue weighted by Crippen LogP contribution is 2.25. The van der Waals surface area contributed by atoms with E-state index in [9.17, 15) is 25.5 Å². The molecule has 0 radical (unpaired) electrons. The Kier molecular flexibility index (Phi) is 5.37. The first kappa shape index (κ1) is 16.8. The molecule has 6 N–H and O–H groups in total. The van der Waals surface area contributed by atoms with Crippen LogP contribution in [0.15, 0.2) is 11.6 Å². The summed E-state index contributed by atoms with van der Waals surface area (Å²) in [5.74, 6) is -0.0871. The maximum Gasteiger partial charge on any atom is 0.111 e. The first-order chi connectivity index (χ1) is 9.86. The molecule has 1 aliphatic carbocycles. The highest BCUT2D eigenvalue weighted by atomic mass is 16.5. The van der Waals surface area contributed by atoms with E-state index in [1.54, 1.807) is 0 Å².